The van der Waals surface area contributed by atoms with Gasteiger partial charge in [-0.15, -0.1) is 0 Å². The molecule has 0 bridgehead atoms. The Morgan fingerprint density at radius 1 is 1.06 bits per heavy atom. The van der Waals surface area contributed by atoms with Crippen molar-refractivity contribution in [3.05, 3.63) is 83.2 Å². The number of nitrogens with zero attached hydrogens (tertiary/aromatic N) is 7. The zero-order chi connectivity index (χ0) is 23.1. The predicted octanol–water partition coefficient (Wildman–Crippen LogP) is 3.55. The summed E-state index contributed by atoms with van der Waals surface area (Å²) < 4.78 is 5.43. The van der Waals surface area contributed by atoms with E-state index >= 15 is 0 Å². The van der Waals surface area contributed by atoms with Crippen LogP contribution in [0.1, 0.15) is 33.1 Å². The highest BCUT2D eigenvalue weighted by Crippen LogP contribution is 2.23. The lowest BCUT2D eigenvalue weighted by Gasteiger charge is -2.08. The van der Waals surface area contributed by atoms with E-state index in [0.29, 0.717) is 23.6 Å². The molecule has 0 spiro atoms. The minimum absolute atomic E-state index is 0.292. The predicted molar refractivity (Wildman–Crippen MR) is 125 cm³/mol. The zero-order valence-corrected chi connectivity index (χ0v) is 18.9. The number of carbonyl (C=O) groups is 1. The summed E-state index contributed by atoms with van der Waals surface area (Å²) in [6.07, 6.45) is 3.50. The number of nitrogens with one attached hydrogen (secondary N) is 1. The number of fused-ring (bicyclic) bond motifs is 1. The maximum Gasteiger partial charge on any atom is 0.276 e. The van der Waals surface area contributed by atoms with Gasteiger partial charge < -0.3 is 5.32 Å². The molecule has 0 aliphatic rings. The van der Waals surface area contributed by atoms with Crippen molar-refractivity contribution in [1.29, 1.82) is 0 Å². The van der Waals surface area contributed by atoms with E-state index in [9.17, 15) is 4.79 Å². The van der Waals surface area contributed by atoms with Crippen molar-refractivity contribution in [2.45, 2.75) is 27.3 Å². The van der Waals surface area contributed by atoms with Gasteiger partial charge in [0.2, 0.25) is 0 Å². The van der Waals surface area contributed by atoms with Crippen LogP contribution in [0.15, 0.2) is 54.9 Å². The molecule has 9 nitrogen and oxygen atoms in total. The molecule has 0 fully saturated rings. The molecule has 1 N–H and O–H groups in total. The maximum absolute atomic E-state index is 13.0. The zero-order valence-electron chi connectivity index (χ0n) is 18.9. The Balaban J connectivity index is 1.40. The standard InChI is InChI=1S/C24H24N8O/c1-15-10-16(2)31(28-15)14-18-6-5-7-19(11-18)27-24(33)21-12-23-25-9-8-22(32(23)29-21)20-13-26-30(4)17(20)3/h5-13H,14H2,1-4H3,(H,27,33). The minimum Gasteiger partial charge on any atom is -0.321 e. The fourth-order valence-corrected chi connectivity index (χ4v) is 3.91. The van der Waals surface area contributed by atoms with E-state index < -0.39 is 0 Å². The van der Waals surface area contributed by atoms with Gasteiger partial charge in [-0.2, -0.15) is 15.3 Å². The van der Waals surface area contributed by atoms with Gasteiger partial charge in [-0.3, -0.25) is 14.2 Å². The molecule has 166 valence electrons. The van der Waals surface area contributed by atoms with Gasteiger partial charge in [0.15, 0.2) is 11.3 Å². The first-order valence-corrected chi connectivity index (χ1v) is 10.6. The van der Waals surface area contributed by atoms with E-state index in [1.54, 1.807) is 27.7 Å². The van der Waals surface area contributed by atoms with Crippen molar-refractivity contribution in [2.24, 2.45) is 7.05 Å². The third-order valence-electron chi connectivity index (χ3n) is 5.72. The number of aryl methyl sites for hydroxylation is 3. The molecule has 9 heteroatoms. The third-order valence-corrected chi connectivity index (χ3v) is 5.72. The molecule has 0 unspecified atom stereocenters. The highest BCUT2D eigenvalue weighted by Gasteiger charge is 2.16. The first-order valence-electron chi connectivity index (χ1n) is 10.6. The lowest BCUT2D eigenvalue weighted by Crippen LogP contribution is -2.13. The first kappa shape index (κ1) is 20.6. The lowest BCUT2D eigenvalue weighted by molar-refractivity contribution is 0.102. The fraction of sp³-hybridized carbons (Fsp3) is 0.208. The smallest absolute Gasteiger partial charge is 0.276 e. The molecular formula is C24H24N8O. The Morgan fingerprint density at radius 2 is 1.91 bits per heavy atom. The molecule has 5 aromatic rings. The van der Waals surface area contributed by atoms with E-state index in [0.717, 1.165) is 33.9 Å². The highest BCUT2D eigenvalue weighted by molar-refractivity contribution is 6.03. The maximum atomic E-state index is 13.0. The van der Waals surface area contributed by atoms with E-state index in [4.69, 9.17) is 0 Å². The Morgan fingerprint density at radius 3 is 2.64 bits per heavy atom. The number of hydrogen-bond acceptors (Lipinski definition) is 5. The van der Waals surface area contributed by atoms with Crippen LogP contribution in [0.4, 0.5) is 5.69 Å². The molecule has 0 aliphatic heterocycles. The van der Waals surface area contributed by atoms with Gasteiger partial charge in [0.05, 0.1) is 24.1 Å². The minimum atomic E-state index is -0.294. The Kier molecular flexibility index (Phi) is 5.01. The Hall–Kier alpha value is -4.27. The number of anilines is 1. The fourth-order valence-electron chi connectivity index (χ4n) is 3.91. The molecule has 4 aromatic heterocycles. The van der Waals surface area contributed by atoms with E-state index in [1.807, 2.05) is 68.9 Å². The molecule has 33 heavy (non-hydrogen) atoms. The van der Waals surface area contributed by atoms with Gasteiger partial charge in [-0.1, -0.05) is 12.1 Å². The largest absolute Gasteiger partial charge is 0.321 e. The number of aromatic nitrogens is 7. The van der Waals surface area contributed by atoms with Gasteiger partial charge in [0.1, 0.15) is 0 Å². The summed E-state index contributed by atoms with van der Waals surface area (Å²) in [5, 5.41) is 16.3. The normalized spacial score (nSPS) is 11.3. The lowest BCUT2D eigenvalue weighted by atomic mass is 10.2. The van der Waals surface area contributed by atoms with Gasteiger partial charge in [-0.25, -0.2) is 9.50 Å². The van der Waals surface area contributed by atoms with Crippen LogP contribution in [0.2, 0.25) is 0 Å². The molecular weight excluding hydrogens is 416 g/mol. The van der Waals surface area contributed by atoms with Gasteiger partial charge in [-0.05, 0) is 50.6 Å². The summed E-state index contributed by atoms with van der Waals surface area (Å²) in [6.45, 7) is 6.63. The van der Waals surface area contributed by atoms with Crippen LogP contribution >= 0.6 is 0 Å². The van der Waals surface area contributed by atoms with Crippen LogP contribution in [-0.2, 0) is 13.6 Å². The summed E-state index contributed by atoms with van der Waals surface area (Å²) in [4.78, 5) is 17.3. The van der Waals surface area contributed by atoms with E-state index in [1.165, 1.54) is 0 Å². The van der Waals surface area contributed by atoms with Crippen molar-refractivity contribution in [1.82, 2.24) is 34.2 Å². The van der Waals surface area contributed by atoms with Crippen molar-refractivity contribution in [2.75, 3.05) is 5.32 Å². The second-order valence-electron chi connectivity index (χ2n) is 8.14. The second-order valence-corrected chi connectivity index (χ2v) is 8.14. The molecule has 0 saturated heterocycles. The summed E-state index contributed by atoms with van der Waals surface area (Å²) >= 11 is 0. The van der Waals surface area contributed by atoms with Crippen molar-refractivity contribution >= 4 is 17.2 Å². The Bertz CT molecular complexity index is 1490. The van der Waals surface area contributed by atoms with Crippen LogP contribution in [0.25, 0.3) is 16.9 Å². The van der Waals surface area contributed by atoms with Gasteiger partial charge >= 0.3 is 0 Å². The highest BCUT2D eigenvalue weighted by atomic mass is 16.1. The third kappa shape index (κ3) is 3.89. The average molecular weight is 441 g/mol. The summed E-state index contributed by atoms with van der Waals surface area (Å²) in [7, 11) is 1.89. The number of amides is 1. The molecule has 5 rings (SSSR count). The molecule has 4 heterocycles. The van der Waals surface area contributed by atoms with Crippen LogP contribution in [0.5, 0.6) is 0 Å². The summed E-state index contributed by atoms with van der Waals surface area (Å²) in [6, 6.07) is 13.4. The number of benzene rings is 1. The molecule has 0 aliphatic carbocycles. The van der Waals surface area contributed by atoms with Crippen LogP contribution in [0.3, 0.4) is 0 Å². The van der Waals surface area contributed by atoms with Crippen molar-refractivity contribution in [3.8, 4) is 11.3 Å². The summed E-state index contributed by atoms with van der Waals surface area (Å²) in [5.74, 6) is -0.294. The second kappa shape index (κ2) is 8.01. The number of rotatable bonds is 5. The number of carbonyl (C=O) groups excluding carboxylic acids is 1. The summed E-state index contributed by atoms with van der Waals surface area (Å²) in [5.41, 5.74) is 7.49. The van der Waals surface area contributed by atoms with Gasteiger partial charge in [0.25, 0.3) is 5.91 Å². The molecule has 0 saturated carbocycles. The van der Waals surface area contributed by atoms with Gasteiger partial charge in [0, 0.05) is 41.9 Å². The molecule has 0 radical (unpaired) electrons. The molecule has 1 aromatic carbocycles. The van der Waals surface area contributed by atoms with Crippen molar-refractivity contribution < 1.29 is 4.79 Å². The topological polar surface area (TPSA) is 94.9 Å². The van der Waals surface area contributed by atoms with E-state index in [-0.39, 0.29) is 5.91 Å². The monoisotopic (exact) mass is 440 g/mol. The average Bonchev–Trinajstić information content (AvgIpc) is 3.46. The van der Waals surface area contributed by atoms with Crippen molar-refractivity contribution in [3.63, 3.8) is 0 Å². The Labute approximate surface area is 190 Å². The molecule has 1 amide bonds. The molecule has 0 atom stereocenters. The van der Waals surface area contributed by atoms with Crippen LogP contribution in [-0.4, -0.2) is 40.1 Å². The SMILES string of the molecule is Cc1cc(C)n(Cc2cccc(NC(=O)c3cc4nccc(-c5cnn(C)c5C)n4n3)c2)n1. The number of hydrogen-bond donors (Lipinski definition) is 1. The quantitative estimate of drug-likeness (QED) is 0.451. The van der Waals surface area contributed by atoms with E-state index in [2.05, 4.69) is 25.6 Å². The van der Waals surface area contributed by atoms with Crippen LogP contribution < -0.4 is 5.32 Å². The first-order chi connectivity index (χ1) is 15.9. The van der Waals surface area contributed by atoms with Crippen LogP contribution in [0, 0.1) is 20.8 Å².